The third kappa shape index (κ3) is 3.45. The molecule has 0 radical (unpaired) electrons. The van der Waals surface area contributed by atoms with Crippen LogP contribution >= 0.6 is 0 Å². The highest BCUT2D eigenvalue weighted by atomic mass is 16.3. The zero-order valence-electron chi connectivity index (χ0n) is 11.8. The van der Waals surface area contributed by atoms with Gasteiger partial charge in [-0.1, -0.05) is 26.7 Å². The summed E-state index contributed by atoms with van der Waals surface area (Å²) in [4.78, 5) is 2.45. The number of nitrogens with zero attached hydrogens (tertiary/aromatic N) is 1. The van der Waals surface area contributed by atoms with Gasteiger partial charge in [-0.15, -0.1) is 0 Å². The first-order chi connectivity index (χ1) is 7.98. The highest BCUT2D eigenvalue weighted by Gasteiger charge is 2.36. The van der Waals surface area contributed by atoms with Gasteiger partial charge in [0.15, 0.2) is 0 Å². The second-order valence-corrected chi connectivity index (χ2v) is 7.13. The summed E-state index contributed by atoms with van der Waals surface area (Å²) in [6.45, 7) is 5.88. The quantitative estimate of drug-likeness (QED) is 0.818. The van der Waals surface area contributed by atoms with Crippen LogP contribution in [0.3, 0.4) is 0 Å². The summed E-state index contributed by atoms with van der Waals surface area (Å²) in [5.41, 5.74) is 0.411. The van der Waals surface area contributed by atoms with Gasteiger partial charge in [-0.2, -0.15) is 0 Å². The lowest BCUT2D eigenvalue weighted by Crippen LogP contribution is -2.48. The van der Waals surface area contributed by atoms with Gasteiger partial charge in [0.25, 0.3) is 0 Å². The maximum atomic E-state index is 10.2. The van der Waals surface area contributed by atoms with Crippen LogP contribution in [0.5, 0.6) is 0 Å². The number of hydrogen-bond donors (Lipinski definition) is 1. The largest absolute Gasteiger partial charge is 0.391 e. The van der Waals surface area contributed by atoms with Crippen LogP contribution in [0.1, 0.15) is 58.8 Å². The summed E-state index contributed by atoms with van der Waals surface area (Å²) >= 11 is 0. The van der Waals surface area contributed by atoms with Crippen LogP contribution in [0.25, 0.3) is 0 Å². The molecule has 1 N–H and O–H groups in total. The van der Waals surface area contributed by atoms with Crippen molar-refractivity contribution in [2.45, 2.75) is 70.9 Å². The lowest BCUT2D eigenvalue weighted by atomic mass is 9.73. The minimum Gasteiger partial charge on any atom is -0.391 e. The molecular formula is C15H29NO. The fourth-order valence-electron chi connectivity index (χ4n) is 3.72. The minimum atomic E-state index is -0.102. The number of aliphatic hydroxyl groups is 1. The third-order valence-electron chi connectivity index (χ3n) is 4.91. The molecule has 0 heterocycles. The summed E-state index contributed by atoms with van der Waals surface area (Å²) < 4.78 is 0. The second-order valence-electron chi connectivity index (χ2n) is 7.13. The predicted molar refractivity (Wildman–Crippen MR) is 72.0 cm³/mol. The molecule has 2 atom stereocenters. The van der Waals surface area contributed by atoms with Gasteiger partial charge < -0.3 is 10.0 Å². The molecule has 0 aliphatic heterocycles. The molecule has 0 aromatic carbocycles. The number of likely N-dealkylation sites (N-methyl/N-ethyl adjacent to an activating group) is 1. The van der Waals surface area contributed by atoms with E-state index >= 15 is 0 Å². The summed E-state index contributed by atoms with van der Waals surface area (Å²) in [7, 11) is 2.22. The van der Waals surface area contributed by atoms with Gasteiger partial charge in [0.1, 0.15) is 0 Å². The van der Waals surface area contributed by atoms with Crippen molar-refractivity contribution in [1.82, 2.24) is 4.90 Å². The van der Waals surface area contributed by atoms with Gasteiger partial charge in [0.2, 0.25) is 0 Å². The molecule has 17 heavy (non-hydrogen) atoms. The predicted octanol–water partition coefficient (Wildman–Crippen LogP) is 3.05. The van der Waals surface area contributed by atoms with Gasteiger partial charge in [-0.05, 0) is 50.5 Å². The Bertz CT molecular complexity index is 245. The molecule has 2 rings (SSSR count). The topological polar surface area (TPSA) is 23.5 Å². The summed E-state index contributed by atoms with van der Waals surface area (Å²) in [5.74, 6) is 0.886. The Balaban J connectivity index is 1.89. The molecule has 2 aliphatic rings. The van der Waals surface area contributed by atoms with E-state index < -0.39 is 0 Å². The minimum absolute atomic E-state index is 0.102. The van der Waals surface area contributed by atoms with E-state index in [-0.39, 0.29) is 6.10 Å². The first-order valence-corrected chi connectivity index (χ1v) is 7.36. The Morgan fingerprint density at radius 1 is 1.18 bits per heavy atom. The maximum Gasteiger partial charge on any atom is 0.0695 e. The van der Waals surface area contributed by atoms with Gasteiger partial charge in [0, 0.05) is 12.6 Å². The molecule has 2 heteroatoms. The molecule has 2 fully saturated rings. The van der Waals surface area contributed by atoms with Crippen LogP contribution in [-0.2, 0) is 0 Å². The van der Waals surface area contributed by atoms with Crippen molar-refractivity contribution in [3.8, 4) is 0 Å². The van der Waals surface area contributed by atoms with Gasteiger partial charge in [-0.3, -0.25) is 0 Å². The molecule has 0 spiro atoms. The maximum absolute atomic E-state index is 10.2. The van der Waals surface area contributed by atoms with E-state index in [1.807, 2.05) is 0 Å². The van der Waals surface area contributed by atoms with Crippen LogP contribution in [0, 0.1) is 11.3 Å². The average Bonchev–Trinajstić information content (AvgIpc) is 2.74. The number of aliphatic hydroxyl groups excluding tert-OH is 1. The summed E-state index contributed by atoms with van der Waals surface area (Å²) in [5, 5.41) is 10.2. The Morgan fingerprint density at radius 2 is 1.82 bits per heavy atom. The van der Waals surface area contributed by atoms with Crippen LogP contribution in [0.2, 0.25) is 0 Å². The average molecular weight is 239 g/mol. The Labute approximate surface area is 106 Å². The monoisotopic (exact) mass is 239 g/mol. The molecule has 0 saturated heterocycles. The van der Waals surface area contributed by atoms with Crippen molar-refractivity contribution in [3.05, 3.63) is 0 Å². The van der Waals surface area contributed by atoms with Crippen LogP contribution < -0.4 is 0 Å². The van der Waals surface area contributed by atoms with Crippen LogP contribution in [0.15, 0.2) is 0 Å². The smallest absolute Gasteiger partial charge is 0.0695 e. The van der Waals surface area contributed by atoms with E-state index in [9.17, 15) is 5.11 Å². The molecule has 0 bridgehead atoms. The van der Waals surface area contributed by atoms with Crippen molar-refractivity contribution < 1.29 is 5.11 Å². The molecular weight excluding hydrogens is 210 g/mol. The first-order valence-electron chi connectivity index (χ1n) is 7.36. The normalized spacial score (nSPS) is 34.4. The fraction of sp³-hybridized carbons (Fsp3) is 1.00. The molecule has 100 valence electrons. The van der Waals surface area contributed by atoms with E-state index in [0.717, 1.165) is 18.8 Å². The standard InChI is InChI=1S/C15H29NO/c1-15(2)9-8-14(17)13(10-15)16(3)11-12-6-4-5-7-12/h12-14,17H,4-11H2,1-3H3. The molecule has 2 unspecified atom stereocenters. The van der Waals surface area contributed by atoms with Crippen LogP contribution in [0.4, 0.5) is 0 Å². The van der Waals surface area contributed by atoms with Crippen molar-refractivity contribution >= 4 is 0 Å². The highest BCUT2D eigenvalue weighted by molar-refractivity contribution is 4.90. The SMILES string of the molecule is CN(CC1CCCC1)C1CC(C)(C)CCC1O. The van der Waals surface area contributed by atoms with Crippen molar-refractivity contribution in [3.63, 3.8) is 0 Å². The number of rotatable bonds is 3. The van der Waals surface area contributed by atoms with E-state index in [1.54, 1.807) is 0 Å². The van der Waals surface area contributed by atoms with Crippen molar-refractivity contribution in [2.75, 3.05) is 13.6 Å². The zero-order chi connectivity index (χ0) is 12.5. The Hall–Kier alpha value is -0.0800. The first kappa shape index (κ1) is 13.4. The Morgan fingerprint density at radius 3 is 2.47 bits per heavy atom. The van der Waals surface area contributed by atoms with Crippen LogP contribution in [-0.4, -0.2) is 35.7 Å². The second kappa shape index (κ2) is 5.27. The third-order valence-corrected chi connectivity index (χ3v) is 4.91. The van der Waals surface area contributed by atoms with E-state index in [0.29, 0.717) is 11.5 Å². The fourth-order valence-corrected chi connectivity index (χ4v) is 3.72. The molecule has 2 nitrogen and oxygen atoms in total. The molecule has 0 amide bonds. The zero-order valence-corrected chi connectivity index (χ0v) is 11.8. The molecule has 0 aromatic heterocycles. The van der Waals surface area contributed by atoms with Gasteiger partial charge in [0.05, 0.1) is 6.10 Å². The van der Waals surface area contributed by atoms with E-state index in [1.165, 1.54) is 38.6 Å². The summed E-state index contributed by atoms with van der Waals surface area (Å²) in [6.07, 6.45) is 8.82. The van der Waals surface area contributed by atoms with Crippen molar-refractivity contribution in [1.29, 1.82) is 0 Å². The van der Waals surface area contributed by atoms with E-state index in [4.69, 9.17) is 0 Å². The molecule has 0 aromatic rings. The lowest BCUT2D eigenvalue weighted by molar-refractivity contribution is -0.0118. The van der Waals surface area contributed by atoms with Gasteiger partial charge in [-0.25, -0.2) is 0 Å². The van der Waals surface area contributed by atoms with Gasteiger partial charge >= 0.3 is 0 Å². The summed E-state index contributed by atoms with van der Waals surface area (Å²) in [6, 6.07) is 0.388. The molecule has 2 saturated carbocycles. The Kier molecular flexibility index (Phi) is 4.14. The van der Waals surface area contributed by atoms with E-state index in [2.05, 4.69) is 25.8 Å². The highest BCUT2D eigenvalue weighted by Crippen LogP contribution is 2.38. The lowest BCUT2D eigenvalue weighted by Gasteiger charge is -2.43. The molecule has 2 aliphatic carbocycles. The number of hydrogen-bond acceptors (Lipinski definition) is 2. The van der Waals surface area contributed by atoms with Crippen molar-refractivity contribution in [2.24, 2.45) is 11.3 Å².